The minimum absolute atomic E-state index is 0.0255. The maximum absolute atomic E-state index is 13.1. The number of anilines is 1. The lowest BCUT2D eigenvalue weighted by atomic mass is 10.1. The molecule has 0 spiro atoms. The van der Waals surface area contributed by atoms with E-state index < -0.39 is 18.6 Å². The zero-order chi connectivity index (χ0) is 15.5. The van der Waals surface area contributed by atoms with E-state index in [1.165, 1.54) is 6.07 Å². The number of benzene rings is 1. The van der Waals surface area contributed by atoms with Crippen LogP contribution in [0.15, 0.2) is 18.2 Å². The molecule has 1 fully saturated rings. The highest BCUT2D eigenvalue weighted by Crippen LogP contribution is 2.28. The fraction of sp³-hybridized carbons (Fsp3) is 0.462. The molecule has 1 aliphatic rings. The Morgan fingerprint density at radius 1 is 1.43 bits per heavy atom. The third-order valence-corrected chi connectivity index (χ3v) is 3.02. The lowest BCUT2D eigenvalue weighted by Gasteiger charge is -2.15. The molecule has 0 radical (unpaired) electrons. The predicted molar refractivity (Wildman–Crippen MR) is 67.6 cm³/mol. The standard InChI is InChI=1S/C13H14F4N2O2/c14-9-1-2-10(11(5-9)21-7-13(15,16)17)19-12(20)8-3-4-18-6-8/h1-2,5,8,18H,3-4,6-7H2,(H,19,20). The molecule has 1 aliphatic heterocycles. The molecular formula is C13H14F4N2O2. The van der Waals surface area contributed by atoms with Crippen LogP contribution in [-0.4, -0.2) is 31.8 Å². The van der Waals surface area contributed by atoms with Gasteiger partial charge in [-0.25, -0.2) is 4.39 Å². The highest BCUT2D eigenvalue weighted by Gasteiger charge is 2.29. The Kier molecular flexibility index (Phi) is 4.66. The number of carbonyl (C=O) groups excluding carboxylic acids is 1. The fourth-order valence-electron chi connectivity index (χ4n) is 1.99. The predicted octanol–water partition coefficient (Wildman–Crippen LogP) is 2.31. The van der Waals surface area contributed by atoms with E-state index in [4.69, 9.17) is 0 Å². The number of ether oxygens (including phenoxy) is 1. The number of alkyl halides is 3. The van der Waals surface area contributed by atoms with Gasteiger partial charge in [0.25, 0.3) is 0 Å². The van der Waals surface area contributed by atoms with Crippen LogP contribution in [0.4, 0.5) is 23.2 Å². The molecule has 0 aliphatic carbocycles. The average Bonchev–Trinajstić information content (AvgIpc) is 2.92. The first-order chi connectivity index (χ1) is 9.85. The zero-order valence-electron chi connectivity index (χ0n) is 11.0. The monoisotopic (exact) mass is 306 g/mol. The van der Waals surface area contributed by atoms with Gasteiger partial charge >= 0.3 is 6.18 Å². The van der Waals surface area contributed by atoms with E-state index >= 15 is 0 Å². The Hall–Kier alpha value is -1.83. The van der Waals surface area contributed by atoms with Crippen molar-refractivity contribution in [2.75, 3.05) is 25.0 Å². The number of nitrogens with one attached hydrogen (secondary N) is 2. The summed E-state index contributed by atoms with van der Waals surface area (Å²) in [6.45, 7) is -0.338. The molecule has 1 aromatic rings. The van der Waals surface area contributed by atoms with E-state index in [9.17, 15) is 22.4 Å². The van der Waals surface area contributed by atoms with Gasteiger partial charge in [0.05, 0.1) is 11.6 Å². The first-order valence-electron chi connectivity index (χ1n) is 6.36. The van der Waals surface area contributed by atoms with Gasteiger partial charge in [0, 0.05) is 12.6 Å². The summed E-state index contributed by atoms with van der Waals surface area (Å²) in [6.07, 6.45) is -3.89. The average molecular weight is 306 g/mol. The van der Waals surface area contributed by atoms with Crippen LogP contribution in [0.3, 0.4) is 0 Å². The Bertz CT molecular complexity index is 513. The van der Waals surface area contributed by atoms with E-state index in [0.29, 0.717) is 19.5 Å². The number of hydrogen-bond acceptors (Lipinski definition) is 3. The maximum atomic E-state index is 13.1. The van der Waals surface area contributed by atoms with Crippen LogP contribution in [0, 0.1) is 11.7 Å². The second kappa shape index (κ2) is 6.30. The summed E-state index contributed by atoms with van der Waals surface area (Å²) in [7, 11) is 0. The van der Waals surface area contributed by atoms with Crippen molar-refractivity contribution in [3.63, 3.8) is 0 Å². The summed E-state index contributed by atoms with van der Waals surface area (Å²) in [4.78, 5) is 11.9. The van der Waals surface area contributed by atoms with E-state index in [2.05, 4.69) is 15.4 Å². The molecule has 2 rings (SSSR count). The van der Waals surface area contributed by atoms with Crippen molar-refractivity contribution in [2.45, 2.75) is 12.6 Å². The van der Waals surface area contributed by atoms with Gasteiger partial charge in [0.1, 0.15) is 11.6 Å². The second-order valence-corrected chi connectivity index (χ2v) is 4.72. The van der Waals surface area contributed by atoms with Crippen LogP contribution in [0.5, 0.6) is 5.75 Å². The summed E-state index contributed by atoms with van der Waals surface area (Å²) < 4.78 is 54.2. The summed E-state index contributed by atoms with van der Waals surface area (Å²) in [5, 5.41) is 5.48. The Balaban J connectivity index is 2.08. The lowest BCUT2D eigenvalue weighted by molar-refractivity contribution is -0.153. The molecule has 2 N–H and O–H groups in total. The van der Waals surface area contributed by atoms with Crippen molar-refractivity contribution in [1.82, 2.24) is 5.32 Å². The van der Waals surface area contributed by atoms with Crippen molar-refractivity contribution in [3.8, 4) is 5.75 Å². The Labute approximate surface area is 118 Å². The van der Waals surface area contributed by atoms with Gasteiger partial charge in [0.15, 0.2) is 6.61 Å². The van der Waals surface area contributed by atoms with Gasteiger partial charge in [-0.1, -0.05) is 0 Å². The molecular weight excluding hydrogens is 292 g/mol. The van der Waals surface area contributed by atoms with Gasteiger partial charge < -0.3 is 15.4 Å². The summed E-state index contributed by atoms with van der Waals surface area (Å²) in [6, 6.07) is 3.04. The number of rotatable bonds is 4. The summed E-state index contributed by atoms with van der Waals surface area (Å²) in [5.41, 5.74) is 0.0255. The molecule has 1 unspecified atom stereocenters. The molecule has 1 aromatic carbocycles. The molecule has 1 amide bonds. The molecule has 0 bridgehead atoms. The Morgan fingerprint density at radius 2 is 2.19 bits per heavy atom. The van der Waals surface area contributed by atoms with Gasteiger partial charge in [-0.2, -0.15) is 13.2 Å². The van der Waals surface area contributed by atoms with Crippen molar-refractivity contribution < 1.29 is 27.1 Å². The van der Waals surface area contributed by atoms with Crippen molar-refractivity contribution in [2.24, 2.45) is 5.92 Å². The van der Waals surface area contributed by atoms with Crippen LogP contribution in [0.1, 0.15) is 6.42 Å². The van der Waals surface area contributed by atoms with Gasteiger partial charge in [0.2, 0.25) is 5.91 Å². The minimum atomic E-state index is -4.54. The van der Waals surface area contributed by atoms with E-state index in [1.807, 2.05) is 0 Å². The van der Waals surface area contributed by atoms with E-state index in [1.54, 1.807) is 0 Å². The Morgan fingerprint density at radius 3 is 2.81 bits per heavy atom. The van der Waals surface area contributed by atoms with E-state index in [0.717, 1.165) is 12.1 Å². The highest BCUT2D eigenvalue weighted by atomic mass is 19.4. The molecule has 21 heavy (non-hydrogen) atoms. The van der Waals surface area contributed by atoms with Crippen LogP contribution in [0.25, 0.3) is 0 Å². The quantitative estimate of drug-likeness (QED) is 0.839. The topological polar surface area (TPSA) is 50.4 Å². The number of amides is 1. The van der Waals surface area contributed by atoms with Crippen molar-refractivity contribution in [3.05, 3.63) is 24.0 Å². The largest absolute Gasteiger partial charge is 0.482 e. The number of carbonyl (C=O) groups is 1. The summed E-state index contributed by atoms with van der Waals surface area (Å²) in [5.74, 6) is -1.67. The van der Waals surface area contributed by atoms with Crippen molar-refractivity contribution in [1.29, 1.82) is 0 Å². The van der Waals surface area contributed by atoms with Crippen LogP contribution in [0.2, 0.25) is 0 Å². The second-order valence-electron chi connectivity index (χ2n) is 4.72. The molecule has 116 valence electrons. The molecule has 8 heteroatoms. The zero-order valence-corrected chi connectivity index (χ0v) is 11.0. The van der Waals surface area contributed by atoms with Crippen LogP contribution < -0.4 is 15.4 Å². The number of hydrogen-bond donors (Lipinski definition) is 2. The summed E-state index contributed by atoms with van der Waals surface area (Å²) >= 11 is 0. The number of halogens is 4. The molecule has 1 heterocycles. The van der Waals surface area contributed by atoms with E-state index in [-0.39, 0.29) is 23.3 Å². The SMILES string of the molecule is O=C(Nc1ccc(F)cc1OCC(F)(F)F)C1CCNC1. The minimum Gasteiger partial charge on any atom is -0.482 e. The molecule has 0 aromatic heterocycles. The molecule has 1 atom stereocenters. The van der Waals surface area contributed by atoms with Crippen LogP contribution >= 0.6 is 0 Å². The molecule has 4 nitrogen and oxygen atoms in total. The third-order valence-electron chi connectivity index (χ3n) is 3.02. The van der Waals surface area contributed by atoms with Gasteiger partial charge in [-0.15, -0.1) is 0 Å². The highest BCUT2D eigenvalue weighted by molar-refractivity contribution is 5.94. The maximum Gasteiger partial charge on any atom is 0.422 e. The first-order valence-corrected chi connectivity index (χ1v) is 6.36. The van der Waals surface area contributed by atoms with Crippen molar-refractivity contribution >= 4 is 11.6 Å². The van der Waals surface area contributed by atoms with Gasteiger partial charge in [-0.3, -0.25) is 4.79 Å². The smallest absolute Gasteiger partial charge is 0.422 e. The van der Waals surface area contributed by atoms with Gasteiger partial charge in [-0.05, 0) is 25.1 Å². The molecule has 1 saturated heterocycles. The molecule has 0 saturated carbocycles. The normalized spacial score (nSPS) is 18.6. The first kappa shape index (κ1) is 15.6. The lowest BCUT2D eigenvalue weighted by Crippen LogP contribution is -2.25. The third kappa shape index (κ3) is 4.59. The van der Waals surface area contributed by atoms with Crippen LogP contribution in [-0.2, 0) is 4.79 Å². The fourth-order valence-corrected chi connectivity index (χ4v) is 1.99.